The topological polar surface area (TPSA) is 12.0 Å². The van der Waals surface area contributed by atoms with Gasteiger partial charge in [0, 0.05) is 28.2 Å². The van der Waals surface area contributed by atoms with Gasteiger partial charge in [0.1, 0.15) is 0 Å². The van der Waals surface area contributed by atoms with Crippen LogP contribution in [0.3, 0.4) is 0 Å². The Balaban J connectivity index is 0.000000221. The van der Waals surface area contributed by atoms with Crippen LogP contribution in [0.4, 0.5) is 0 Å². The molecule has 0 spiro atoms. The fourth-order valence-corrected chi connectivity index (χ4v) is 3.96. The van der Waals surface area contributed by atoms with Gasteiger partial charge in [0.05, 0.1) is 0 Å². The highest BCUT2D eigenvalue weighted by Crippen LogP contribution is 2.28. The Labute approximate surface area is 194 Å². The Morgan fingerprint density at radius 1 is 0.774 bits per heavy atom. The molecule has 0 fully saturated rings. The molecular weight excluding hydrogens is 398 g/mol. The van der Waals surface area contributed by atoms with Crippen LogP contribution in [-0.4, -0.2) is 6.04 Å². The van der Waals surface area contributed by atoms with Crippen molar-refractivity contribution in [2.24, 2.45) is 0 Å². The third-order valence-electron chi connectivity index (χ3n) is 5.54. The SMILES string of the molecule is C=C(NC(CC)CC)c1ccccc1Cl.CCCC(c1ccccc1)c1ccccc1. The highest BCUT2D eigenvalue weighted by Gasteiger charge is 2.12. The molecule has 2 heteroatoms. The van der Waals surface area contributed by atoms with Crippen LogP contribution in [0.15, 0.2) is 91.5 Å². The molecule has 0 saturated heterocycles. The molecule has 1 nitrogen and oxygen atoms in total. The molecule has 31 heavy (non-hydrogen) atoms. The van der Waals surface area contributed by atoms with E-state index >= 15 is 0 Å². The van der Waals surface area contributed by atoms with Crippen LogP contribution >= 0.6 is 11.6 Å². The zero-order valence-electron chi connectivity index (χ0n) is 19.2. The zero-order chi connectivity index (χ0) is 22.5. The van der Waals surface area contributed by atoms with E-state index in [1.165, 1.54) is 24.0 Å². The first-order valence-electron chi connectivity index (χ1n) is 11.4. The van der Waals surface area contributed by atoms with E-state index < -0.39 is 0 Å². The molecule has 0 heterocycles. The van der Waals surface area contributed by atoms with Crippen molar-refractivity contribution in [1.29, 1.82) is 0 Å². The highest BCUT2D eigenvalue weighted by molar-refractivity contribution is 6.32. The first-order chi connectivity index (χ1) is 15.1. The largest absolute Gasteiger partial charge is 0.382 e. The lowest BCUT2D eigenvalue weighted by Crippen LogP contribution is -2.25. The summed E-state index contributed by atoms with van der Waals surface area (Å²) in [6.45, 7) is 10.6. The lowest BCUT2D eigenvalue weighted by molar-refractivity contribution is 0.561. The van der Waals surface area contributed by atoms with Crippen LogP contribution < -0.4 is 5.32 Å². The fraction of sp³-hybridized carbons (Fsp3) is 0.310. The van der Waals surface area contributed by atoms with Crippen LogP contribution in [0, 0.1) is 0 Å². The first-order valence-corrected chi connectivity index (χ1v) is 11.8. The molecule has 0 aliphatic rings. The van der Waals surface area contributed by atoms with Crippen LogP contribution in [-0.2, 0) is 0 Å². The molecule has 3 aromatic carbocycles. The predicted octanol–water partition coefficient (Wildman–Crippen LogP) is 8.71. The molecule has 0 saturated carbocycles. The summed E-state index contributed by atoms with van der Waals surface area (Å²) in [7, 11) is 0. The average Bonchev–Trinajstić information content (AvgIpc) is 2.82. The van der Waals surface area contributed by atoms with E-state index in [9.17, 15) is 0 Å². The van der Waals surface area contributed by atoms with Gasteiger partial charge in [-0.05, 0) is 36.5 Å². The number of hydrogen-bond donors (Lipinski definition) is 1. The molecule has 164 valence electrons. The molecule has 3 aromatic rings. The second-order valence-electron chi connectivity index (χ2n) is 7.78. The molecule has 0 amide bonds. The molecule has 0 aromatic heterocycles. The maximum absolute atomic E-state index is 6.09. The minimum atomic E-state index is 0.480. The molecule has 3 rings (SSSR count). The standard InChI is InChI=1S/C16H18.C13H18ClN/c1-2-9-16(14-10-5-3-6-11-14)15-12-7-4-8-13-15;1-4-11(5-2)15-10(3)12-8-6-7-9-13(12)14/h3-8,10-13,16H,2,9H2,1H3;6-9,11,15H,3-5H2,1-2H3. The van der Waals surface area contributed by atoms with Crippen molar-refractivity contribution in [3.63, 3.8) is 0 Å². The van der Waals surface area contributed by atoms with E-state index in [1.54, 1.807) is 0 Å². The second-order valence-corrected chi connectivity index (χ2v) is 8.19. The quantitative estimate of drug-likeness (QED) is 0.355. The smallest absolute Gasteiger partial charge is 0.0498 e. The predicted molar refractivity (Wildman–Crippen MR) is 138 cm³/mol. The maximum Gasteiger partial charge on any atom is 0.0498 e. The molecule has 1 N–H and O–H groups in total. The summed E-state index contributed by atoms with van der Waals surface area (Å²) in [4.78, 5) is 0. The Kier molecular flexibility index (Phi) is 11.0. The molecule has 0 aliphatic carbocycles. The van der Waals surface area contributed by atoms with Gasteiger partial charge in [-0.15, -0.1) is 0 Å². The average molecular weight is 434 g/mol. The van der Waals surface area contributed by atoms with Crippen molar-refractivity contribution < 1.29 is 0 Å². The van der Waals surface area contributed by atoms with Crippen LogP contribution in [0.5, 0.6) is 0 Å². The van der Waals surface area contributed by atoms with Gasteiger partial charge in [-0.3, -0.25) is 0 Å². The van der Waals surface area contributed by atoms with Crippen molar-refractivity contribution >= 4 is 17.3 Å². The van der Waals surface area contributed by atoms with Gasteiger partial charge in [-0.25, -0.2) is 0 Å². The molecule has 0 atom stereocenters. The van der Waals surface area contributed by atoms with Crippen LogP contribution in [0.1, 0.15) is 69.1 Å². The Morgan fingerprint density at radius 2 is 1.26 bits per heavy atom. The summed E-state index contributed by atoms with van der Waals surface area (Å²) in [6, 6.07) is 29.8. The number of rotatable bonds is 9. The molecule has 0 unspecified atom stereocenters. The normalized spacial score (nSPS) is 10.5. The monoisotopic (exact) mass is 433 g/mol. The van der Waals surface area contributed by atoms with Crippen LogP contribution in [0.2, 0.25) is 5.02 Å². The molecule has 0 radical (unpaired) electrons. The van der Waals surface area contributed by atoms with Gasteiger partial charge < -0.3 is 5.32 Å². The van der Waals surface area contributed by atoms with Crippen LogP contribution in [0.25, 0.3) is 5.70 Å². The lowest BCUT2D eigenvalue weighted by atomic mass is 9.88. The van der Waals surface area contributed by atoms with Gasteiger partial charge in [-0.2, -0.15) is 0 Å². The number of benzene rings is 3. The minimum absolute atomic E-state index is 0.480. The summed E-state index contributed by atoms with van der Waals surface area (Å²) in [5.41, 5.74) is 4.76. The minimum Gasteiger partial charge on any atom is -0.382 e. The highest BCUT2D eigenvalue weighted by atomic mass is 35.5. The van der Waals surface area contributed by atoms with E-state index in [2.05, 4.69) is 93.3 Å². The summed E-state index contributed by atoms with van der Waals surface area (Å²) >= 11 is 6.09. The van der Waals surface area contributed by atoms with Gasteiger partial charge >= 0.3 is 0 Å². The van der Waals surface area contributed by atoms with Crippen molar-refractivity contribution in [2.75, 3.05) is 0 Å². The number of hydrogen-bond acceptors (Lipinski definition) is 1. The summed E-state index contributed by atoms with van der Waals surface area (Å²) < 4.78 is 0. The Bertz CT molecular complexity index is 845. The number of nitrogens with one attached hydrogen (secondary N) is 1. The summed E-state index contributed by atoms with van der Waals surface area (Å²) in [6.07, 6.45) is 4.63. The third-order valence-corrected chi connectivity index (χ3v) is 5.87. The number of halogens is 1. The Hall–Kier alpha value is -2.51. The van der Waals surface area contributed by atoms with Gasteiger partial charge in [0.15, 0.2) is 0 Å². The second kappa shape index (κ2) is 13.7. The summed E-state index contributed by atoms with van der Waals surface area (Å²) in [5, 5.41) is 4.15. The molecule has 0 bridgehead atoms. The third kappa shape index (κ3) is 7.92. The Morgan fingerprint density at radius 3 is 1.71 bits per heavy atom. The summed E-state index contributed by atoms with van der Waals surface area (Å²) in [5.74, 6) is 0.549. The fourth-order valence-electron chi connectivity index (χ4n) is 3.71. The van der Waals surface area contributed by atoms with Crippen molar-refractivity contribution in [3.8, 4) is 0 Å². The molecular formula is C29H36ClN. The van der Waals surface area contributed by atoms with E-state index in [0.717, 1.165) is 29.1 Å². The first kappa shape index (κ1) is 24.8. The van der Waals surface area contributed by atoms with E-state index in [-0.39, 0.29) is 0 Å². The van der Waals surface area contributed by atoms with Gasteiger partial charge in [0.2, 0.25) is 0 Å². The maximum atomic E-state index is 6.09. The lowest BCUT2D eigenvalue weighted by Gasteiger charge is -2.18. The van der Waals surface area contributed by atoms with Crippen molar-refractivity contribution in [3.05, 3.63) is 113 Å². The van der Waals surface area contributed by atoms with Crippen molar-refractivity contribution in [2.45, 2.75) is 58.4 Å². The zero-order valence-corrected chi connectivity index (χ0v) is 19.9. The van der Waals surface area contributed by atoms with E-state index in [0.29, 0.717) is 12.0 Å². The van der Waals surface area contributed by atoms with E-state index in [4.69, 9.17) is 11.6 Å². The van der Waals surface area contributed by atoms with Gasteiger partial charge in [0.25, 0.3) is 0 Å². The van der Waals surface area contributed by atoms with Gasteiger partial charge in [-0.1, -0.05) is 124 Å². The molecule has 0 aliphatic heterocycles. The van der Waals surface area contributed by atoms with Crippen molar-refractivity contribution in [1.82, 2.24) is 5.32 Å². The van der Waals surface area contributed by atoms with E-state index in [1.807, 2.05) is 24.3 Å².